The molecule has 1 amide bonds. The van der Waals surface area contributed by atoms with Crippen LogP contribution in [0.1, 0.15) is 32.4 Å². The zero-order chi connectivity index (χ0) is 26.5. The van der Waals surface area contributed by atoms with Gasteiger partial charge in [0.2, 0.25) is 5.91 Å². The van der Waals surface area contributed by atoms with Crippen LogP contribution in [0.2, 0.25) is 0 Å². The first kappa shape index (κ1) is 27.2. The molecule has 1 saturated heterocycles. The number of aryl methyl sites for hydroxylation is 2. The number of carbonyl (C=O) groups excluding carboxylic acids is 1. The van der Waals surface area contributed by atoms with Crippen LogP contribution < -0.4 is 10.3 Å². The minimum atomic E-state index is -0.215. The van der Waals surface area contributed by atoms with Gasteiger partial charge in [-0.15, -0.1) is 0 Å². The van der Waals surface area contributed by atoms with Crippen LogP contribution in [0.3, 0.4) is 0 Å². The lowest BCUT2D eigenvalue weighted by atomic mass is 10.1. The topological polar surface area (TPSA) is 99.6 Å². The molecular formula is C26H37N7O3S. The number of hydrogen-bond acceptors (Lipinski definition) is 8. The van der Waals surface area contributed by atoms with Crippen molar-refractivity contribution in [2.24, 2.45) is 7.05 Å². The smallest absolute Gasteiger partial charge is 0.277 e. The molecule has 0 atom stereocenters. The maximum atomic E-state index is 13.0. The summed E-state index contributed by atoms with van der Waals surface area (Å²) in [7, 11) is 5.74. The Kier molecular flexibility index (Phi) is 8.88. The molecule has 1 fully saturated rings. The fourth-order valence-electron chi connectivity index (χ4n) is 4.47. The van der Waals surface area contributed by atoms with E-state index in [2.05, 4.69) is 21.3 Å². The number of hydrogen-bond donors (Lipinski definition) is 1. The number of benzene rings is 1. The second kappa shape index (κ2) is 12.1. The minimum Gasteiger partial charge on any atom is -0.493 e. The van der Waals surface area contributed by atoms with E-state index >= 15 is 0 Å². The number of amides is 1. The molecule has 3 heterocycles. The fourth-order valence-corrected chi connectivity index (χ4v) is 5.41. The molecule has 0 unspecified atom stereocenters. The van der Waals surface area contributed by atoms with Gasteiger partial charge in [0.1, 0.15) is 17.1 Å². The summed E-state index contributed by atoms with van der Waals surface area (Å²) in [6, 6.07) is 5.98. The Hall–Kier alpha value is -2.89. The van der Waals surface area contributed by atoms with Gasteiger partial charge in [-0.1, -0.05) is 13.3 Å². The van der Waals surface area contributed by atoms with Gasteiger partial charge in [-0.3, -0.25) is 14.3 Å². The molecular weight excluding hydrogens is 490 g/mol. The normalized spacial score (nSPS) is 14.6. The number of piperazine rings is 1. The summed E-state index contributed by atoms with van der Waals surface area (Å²) in [5.74, 6) is 1.36. The predicted molar refractivity (Wildman–Crippen MR) is 147 cm³/mol. The van der Waals surface area contributed by atoms with Gasteiger partial charge in [0.05, 0.1) is 17.9 Å². The molecule has 0 aliphatic carbocycles. The van der Waals surface area contributed by atoms with Crippen molar-refractivity contribution in [1.29, 1.82) is 0 Å². The van der Waals surface area contributed by atoms with Crippen molar-refractivity contribution in [1.82, 2.24) is 33.9 Å². The first-order chi connectivity index (χ1) is 17.8. The summed E-state index contributed by atoms with van der Waals surface area (Å²) in [5.41, 5.74) is 2.48. The summed E-state index contributed by atoms with van der Waals surface area (Å²) >= 11 is 1.65. The number of fused-ring (bicyclic) bond motifs is 1. The van der Waals surface area contributed by atoms with E-state index in [1.54, 1.807) is 23.7 Å². The van der Waals surface area contributed by atoms with Crippen LogP contribution in [0, 0.1) is 0 Å². The van der Waals surface area contributed by atoms with Crippen LogP contribution in [-0.2, 0) is 18.3 Å². The Balaban J connectivity index is 1.55. The summed E-state index contributed by atoms with van der Waals surface area (Å²) in [4.78, 5) is 38.3. The highest BCUT2D eigenvalue weighted by molar-refractivity contribution is 7.97. The second-order valence-corrected chi connectivity index (χ2v) is 10.6. The van der Waals surface area contributed by atoms with Crippen LogP contribution in [0.5, 0.6) is 5.75 Å². The van der Waals surface area contributed by atoms with Crippen LogP contribution in [0.25, 0.3) is 22.4 Å². The lowest BCUT2D eigenvalue weighted by Crippen LogP contribution is -2.46. The average molecular weight is 528 g/mol. The highest BCUT2D eigenvalue weighted by Crippen LogP contribution is 2.34. The maximum Gasteiger partial charge on any atom is 0.277 e. The van der Waals surface area contributed by atoms with E-state index < -0.39 is 0 Å². The third kappa shape index (κ3) is 6.34. The highest BCUT2D eigenvalue weighted by Gasteiger charge is 2.23. The zero-order valence-corrected chi connectivity index (χ0v) is 23.2. The molecule has 0 radical (unpaired) electrons. The van der Waals surface area contributed by atoms with E-state index in [0.29, 0.717) is 35.6 Å². The van der Waals surface area contributed by atoms with Crippen LogP contribution >= 0.6 is 11.9 Å². The molecule has 1 aliphatic rings. The van der Waals surface area contributed by atoms with Gasteiger partial charge in [0, 0.05) is 51.1 Å². The predicted octanol–water partition coefficient (Wildman–Crippen LogP) is 2.78. The van der Waals surface area contributed by atoms with Gasteiger partial charge in [-0.25, -0.2) is 9.29 Å². The third-order valence-corrected chi connectivity index (χ3v) is 7.44. The van der Waals surface area contributed by atoms with Gasteiger partial charge in [0.15, 0.2) is 5.52 Å². The Morgan fingerprint density at radius 2 is 1.95 bits per heavy atom. The molecule has 0 spiro atoms. The number of nitrogens with zero attached hydrogens (tertiary/aromatic N) is 6. The molecule has 11 heteroatoms. The Morgan fingerprint density at radius 1 is 1.19 bits per heavy atom. The molecule has 0 saturated carbocycles. The van der Waals surface area contributed by atoms with E-state index in [9.17, 15) is 9.59 Å². The quantitative estimate of drug-likeness (QED) is 0.402. The number of aromatic amines is 1. The summed E-state index contributed by atoms with van der Waals surface area (Å²) in [6.45, 7) is 8.31. The van der Waals surface area contributed by atoms with Crippen molar-refractivity contribution in [3.63, 3.8) is 0 Å². The van der Waals surface area contributed by atoms with Crippen LogP contribution in [-0.4, -0.2) is 93.2 Å². The van der Waals surface area contributed by atoms with E-state index in [0.717, 1.165) is 61.7 Å². The molecule has 1 N–H and O–H groups in total. The van der Waals surface area contributed by atoms with Crippen molar-refractivity contribution in [3.05, 3.63) is 34.2 Å². The third-order valence-electron chi connectivity index (χ3n) is 6.35. The van der Waals surface area contributed by atoms with Crippen molar-refractivity contribution in [3.8, 4) is 17.1 Å². The molecule has 4 rings (SSSR count). The second-order valence-electron chi connectivity index (χ2n) is 9.48. The van der Waals surface area contributed by atoms with Gasteiger partial charge in [-0.2, -0.15) is 5.10 Å². The SMILES string of the molecule is CCCc1nn(C)c2c(=O)[nH]c(-c3cc(SN4CCN(C(=O)CCN(C)C)CC4)ccc3OCC)nc12. The molecule has 3 aromatic rings. The molecule has 200 valence electrons. The summed E-state index contributed by atoms with van der Waals surface area (Å²) < 4.78 is 9.78. The van der Waals surface area contributed by atoms with Crippen molar-refractivity contribution >= 4 is 28.9 Å². The lowest BCUT2D eigenvalue weighted by Gasteiger charge is -2.34. The lowest BCUT2D eigenvalue weighted by molar-refractivity contribution is -0.132. The Bertz CT molecular complexity index is 1300. The molecule has 1 aromatic carbocycles. The first-order valence-electron chi connectivity index (χ1n) is 12.9. The number of rotatable bonds is 10. The van der Waals surface area contributed by atoms with Crippen LogP contribution in [0.15, 0.2) is 27.9 Å². The molecule has 1 aliphatic heterocycles. The number of carbonyl (C=O) groups is 1. The van der Waals surface area contributed by atoms with Gasteiger partial charge in [-0.05, 0) is 57.6 Å². The average Bonchev–Trinajstić information content (AvgIpc) is 3.19. The minimum absolute atomic E-state index is 0.213. The van der Waals surface area contributed by atoms with Crippen molar-refractivity contribution in [2.45, 2.75) is 38.0 Å². The maximum absolute atomic E-state index is 13.0. The van der Waals surface area contributed by atoms with E-state index in [4.69, 9.17) is 9.72 Å². The number of ether oxygens (including phenoxy) is 1. The van der Waals surface area contributed by atoms with Crippen LogP contribution in [0.4, 0.5) is 0 Å². The highest BCUT2D eigenvalue weighted by atomic mass is 32.2. The number of nitrogens with one attached hydrogen (secondary N) is 1. The summed E-state index contributed by atoms with van der Waals surface area (Å²) in [5, 5.41) is 4.53. The molecule has 2 aromatic heterocycles. The largest absolute Gasteiger partial charge is 0.493 e. The Morgan fingerprint density at radius 3 is 2.62 bits per heavy atom. The monoisotopic (exact) mass is 527 g/mol. The number of H-pyrrole nitrogens is 1. The van der Waals surface area contributed by atoms with E-state index in [1.807, 2.05) is 49.0 Å². The standard InChI is InChI=1S/C26H37N7O3S/c1-6-8-20-23-24(31(5)29-20)26(35)28-25(27-23)19-17-18(9-10-21(19)36-7-2)37-33-15-13-32(14-16-33)22(34)11-12-30(3)4/h9-10,17H,6-8,11-16H2,1-5H3,(H,27,28,35). The van der Waals surface area contributed by atoms with Gasteiger partial charge in [0.25, 0.3) is 5.56 Å². The van der Waals surface area contributed by atoms with Crippen molar-refractivity contribution < 1.29 is 9.53 Å². The fraction of sp³-hybridized carbons (Fsp3) is 0.538. The first-order valence-corrected chi connectivity index (χ1v) is 13.7. The van der Waals surface area contributed by atoms with Gasteiger partial charge < -0.3 is 19.5 Å². The molecule has 37 heavy (non-hydrogen) atoms. The molecule has 10 nitrogen and oxygen atoms in total. The Labute approximate surface area is 222 Å². The molecule has 0 bridgehead atoms. The van der Waals surface area contributed by atoms with E-state index in [1.165, 1.54) is 0 Å². The van der Waals surface area contributed by atoms with Gasteiger partial charge >= 0.3 is 0 Å². The number of aromatic nitrogens is 4. The zero-order valence-electron chi connectivity index (χ0n) is 22.4. The summed E-state index contributed by atoms with van der Waals surface area (Å²) in [6.07, 6.45) is 2.22. The van der Waals surface area contributed by atoms with Crippen molar-refractivity contribution in [2.75, 3.05) is 53.4 Å². The van der Waals surface area contributed by atoms with E-state index in [-0.39, 0.29) is 11.5 Å².